The standard InChI is InChI=1S/C15H22O/c1-5-6-12-9-16-15-8-13(10(2)3)11(4)7-14(12)15/h7-8,10,12H,5-6,9H2,1-4H3. The van der Waals surface area contributed by atoms with Crippen LogP contribution in [0, 0.1) is 6.92 Å². The van der Waals surface area contributed by atoms with Crippen LogP contribution >= 0.6 is 0 Å². The Kier molecular flexibility index (Phi) is 3.22. The summed E-state index contributed by atoms with van der Waals surface area (Å²) >= 11 is 0. The van der Waals surface area contributed by atoms with Gasteiger partial charge in [0.15, 0.2) is 0 Å². The molecule has 1 unspecified atom stereocenters. The van der Waals surface area contributed by atoms with Crippen molar-refractivity contribution >= 4 is 0 Å². The van der Waals surface area contributed by atoms with Crippen LogP contribution in [0.25, 0.3) is 0 Å². The number of hydrogen-bond donors (Lipinski definition) is 0. The van der Waals surface area contributed by atoms with Crippen LogP contribution in [0.1, 0.15) is 62.1 Å². The molecule has 1 atom stereocenters. The van der Waals surface area contributed by atoms with Crippen molar-refractivity contribution in [2.24, 2.45) is 0 Å². The van der Waals surface area contributed by atoms with E-state index >= 15 is 0 Å². The van der Waals surface area contributed by atoms with Gasteiger partial charge in [-0.1, -0.05) is 33.3 Å². The van der Waals surface area contributed by atoms with Crippen LogP contribution in [0.5, 0.6) is 5.75 Å². The summed E-state index contributed by atoms with van der Waals surface area (Å²) in [7, 11) is 0. The monoisotopic (exact) mass is 218 g/mol. The van der Waals surface area contributed by atoms with Gasteiger partial charge in [-0.25, -0.2) is 0 Å². The van der Waals surface area contributed by atoms with Crippen molar-refractivity contribution in [3.8, 4) is 5.75 Å². The molecule has 1 aliphatic heterocycles. The largest absolute Gasteiger partial charge is 0.493 e. The molecule has 0 N–H and O–H groups in total. The quantitative estimate of drug-likeness (QED) is 0.731. The van der Waals surface area contributed by atoms with E-state index in [0.29, 0.717) is 11.8 Å². The molecule has 16 heavy (non-hydrogen) atoms. The van der Waals surface area contributed by atoms with E-state index in [4.69, 9.17) is 4.74 Å². The Balaban J connectivity index is 2.36. The summed E-state index contributed by atoms with van der Waals surface area (Å²) in [6, 6.07) is 4.60. The Bertz CT molecular complexity index is 379. The smallest absolute Gasteiger partial charge is 0.123 e. The van der Waals surface area contributed by atoms with Gasteiger partial charge in [-0.05, 0) is 36.5 Å². The van der Waals surface area contributed by atoms with Gasteiger partial charge in [0.2, 0.25) is 0 Å². The average molecular weight is 218 g/mol. The number of benzene rings is 1. The van der Waals surface area contributed by atoms with Crippen LogP contribution in [0.3, 0.4) is 0 Å². The van der Waals surface area contributed by atoms with Gasteiger partial charge in [0, 0.05) is 11.5 Å². The van der Waals surface area contributed by atoms with Gasteiger partial charge >= 0.3 is 0 Å². The molecule has 1 heteroatoms. The SMILES string of the molecule is CCCC1COc2cc(C(C)C)c(C)cc21. The van der Waals surface area contributed by atoms with Crippen molar-refractivity contribution in [2.45, 2.75) is 52.4 Å². The summed E-state index contributed by atoms with van der Waals surface area (Å²) in [5.41, 5.74) is 4.28. The minimum Gasteiger partial charge on any atom is -0.493 e. The molecule has 0 amide bonds. The molecule has 0 spiro atoms. The summed E-state index contributed by atoms with van der Waals surface area (Å²) in [4.78, 5) is 0. The van der Waals surface area contributed by atoms with E-state index in [-0.39, 0.29) is 0 Å². The first-order chi connectivity index (χ1) is 7.63. The van der Waals surface area contributed by atoms with Gasteiger partial charge in [-0.3, -0.25) is 0 Å². The predicted octanol–water partition coefficient (Wildman–Crippen LogP) is 4.39. The number of rotatable bonds is 3. The first-order valence-electron chi connectivity index (χ1n) is 6.40. The van der Waals surface area contributed by atoms with Gasteiger partial charge in [0.25, 0.3) is 0 Å². The number of fused-ring (bicyclic) bond motifs is 1. The van der Waals surface area contributed by atoms with Gasteiger partial charge in [0.1, 0.15) is 5.75 Å². The topological polar surface area (TPSA) is 9.23 Å². The van der Waals surface area contributed by atoms with Crippen LogP contribution in [-0.4, -0.2) is 6.61 Å². The number of hydrogen-bond acceptors (Lipinski definition) is 1. The lowest BCUT2D eigenvalue weighted by Crippen LogP contribution is -1.99. The summed E-state index contributed by atoms with van der Waals surface area (Å²) in [5, 5.41) is 0. The molecule has 0 aliphatic carbocycles. The second kappa shape index (κ2) is 4.48. The van der Waals surface area contributed by atoms with Gasteiger partial charge < -0.3 is 4.74 Å². The van der Waals surface area contributed by atoms with Crippen molar-refractivity contribution in [1.82, 2.24) is 0 Å². The third kappa shape index (κ3) is 1.95. The lowest BCUT2D eigenvalue weighted by atomic mass is 9.90. The first-order valence-corrected chi connectivity index (χ1v) is 6.40. The number of aryl methyl sites for hydroxylation is 1. The van der Waals surface area contributed by atoms with E-state index in [1.807, 2.05) is 0 Å². The summed E-state index contributed by atoms with van der Waals surface area (Å²) in [5.74, 6) is 2.34. The molecule has 88 valence electrons. The minimum absolute atomic E-state index is 0.583. The lowest BCUT2D eigenvalue weighted by molar-refractivity contribution is 0.324. The average Bonchev–Trinajstić information content (AvgIpc) is 2.60. The van der Waals surface area contributed by atoms with Crippen molar-refractivity contribution in [2.75, 3.05) is 6.61 Å². The molecule has 1 aliphatic rings. The Morgan fingerprint density at radius 1 is 1.38 bits per heavy atom. The summed E-state index contributed by atoms with van der Waals surface area (Å²) < 4.78 is 5.81. The van der Waals surface area contributed by atoms with Crippen LogP contribution < -0.4 is 4.74 Å². The highest BCUT2D eigenvalue weighted by atomic mass is 16.5. The molecule has 1 aromatic carbocycles. The fraction of sp³-hybridized carbons (Fsp3) is 0.600. The molecule has 0 saturated heterocycles. The van der Waals surface area contributed by atoms with Gasteiger partial charge in [0.05, 0.1) is 6.61 Å². The van der Waals surface area contributed by atoms with E-state index < -0.39 is 0 Å². The van der Waals surface area contributed by atoms with Gasteiger partial charge in [-0.15, -0.1) is 0 Å². The van der Waals surface area contributed by atoms with Crippen LogP contribution in [0.4, 0.5) is 0 Å². The zero-order valence-electron chi connectivity index (χ0n) is 10.8. The normalized spacial score (nSPS) is 18.7. The fourth-order valence-corrected chi connectivity index (χ4v) is 2.66. The molecular weight excluding hydrogens is 196 g/mol. The molecule has 0 bridgehead atoms. The van der Waals surface area contributed by atoms with E-state index in [1.54, 1.807) is 0 Å². The summed E-state index contributed by atoms with van der Waals surface area (Å²) in [6.45, 7) is 9.83. The zero-order valence-corrected chi connectivity index (χ0v) is 10.8. The van der Waals surface area contributed by atoms with E-state index in [2.05, 4.69) is 39.8 Å². The van der Waals surface area contributed by atoms with Gasteiger partial charge in [-0.2, -0.15) is 0 Å². The maximum atomic E-state index is 5.81. The summed E-state index contributed by atoms with van der Waals surface area (Å²) in [6.07, 6.45) is 2.48. The molecule has 1 heterocycles. The highest BCUT2D eigenvalue weighted by Gasteiger charge is 2.24. The van der Waals surface area contributed by atoms with Crippen LogP contribution in [0.2, 0.25) is 0 Å². The molecule has 0 aromatic heterocycles. The fourth-order valence-electron chi connectivity index (χ4n) is 2.66. The third-order valence-electron chi connectivity index (χ3n) is 3.54. The minimum atomic E-state index is 0.583. The number of ether oxygens (including phenoxy) is 1. The highest BCUT2D eigenvalue weighted by molar-refractivity contribution is 5.47. The predicted molar refractivity (Wildman–Crippen MR) is 68.4 cm³/mol. The van der Waals surface area contributed by atoms with E-state index in [1.165, 1.54) is 29.5 Å². The highest BCUT2D eigenvalue weighted by Crippen LogP contribution is 2.39. The molecule has 0 fully saturated rings. The third-order valence-corrected chi connectivity index (χ3v) is 3.54. The Labute approximate surface area is 98.8 Å². The molecule has 0 saturated carbocycles. The molecule has 1 aromatic rings. The second-order valence-electron chi connectivity index (χ2n) is 5.20. The maximum absolute atomic E-state index is 5.81. The van der Waals surface area contributed by atoms with E-state index in [9.17, 15) is 0 Å². The van der Waals surface area contributed by atoms with Crippen LogP contribution in [0.15, 0.2) is 12.1 Å². The Morgan fingerprint density at radius 3 is 2.75 bits per heavy atom. The maximum Gasteiger partial charge on any atom is 0.123 e. The van der Waals surface area contributed by atoms with Crippen molar-refractivity contribution in [3.05, 3.63) is 28.8 Å². The first kappa shape index (κ1) is 11.5. The Hall–Kier alpha value is -0.980. The molecule has 1 nitrogen and oxygen atoms in total. The molecular formula is C15H22O. The molecule has 0 radical (unpaired) electrons. The van der Waals surface area contributed by atoms with Crippen molar-refractivity contribution in [1.29, 1.82) is 0 Å². The Morgan fingerprint density at radius 2 is 2.12 bits per heavy atom. The van der Waals surface area contributed by atoms with Crippen molar-refractivity contribution < 1.29 is 4.74 Å². The second-order valence-corrected chi connectivity index (χ2v) is 5.20. The van der Waals surface area contributed by atoms with Crippen LogP contribution in [-0.2, 0) is 0 Å². The lowest BCUT2D eigenvalue weighted by Gasteiger charge is -2.13. The van der Waals surface area contributed by atoms with Crippen molar-refractivity contribution in [3.63, 3.8) is 0 Å². The zero-order chi connectivity index (χ0) is 11.7. The molecule has 2 rings (SSSR count). The van der Waals surface area contributed by atoms with E-state index in [0.717, 1.165) is 12.4 Å².